The van der Waals surface area contributed by atoms with Crippen molar-refractivity contribution in [2.75, 3.05) is 18.0 Å². The van der Waals surface area contributed by atoms with E-state index in [1.165, 1.54) is 11.3 Å². The van der Waals surface area contributed by atoms with Gasteiger partial charge in [-0.3, -0.25) is 4.79 Å². The molecule has 0 radical (unpaired) electrons. The average molecular weight is 259 g/mol. The van der Waals surface area contributed by atoms with E-state index in [0.29, 0.717) is 12.3 Å². The summed E-state index contributed by atoms with van der Waals surface area (Å²) in [6.07, 6.45) is 3.58. The minimum Gasteiger partial charge on any atom is -0.481 e. The molecule has 3 rings (SSSR count). The summed E-state index contributed by atoms with van der Waals surface area (Å²) in [4.78, 5) is 13.4. The Morgan fingerprint density at radius 2 is 2.16 bits per heavy atom. The number of carboxylic acids is 1. The number of benzene rings is 1. The molecule has 1 fully saturated rings. The molecule has 1 unspecified atom stereocenters. The van der Waals surface area contributed by atoms with Gasteiger partial charge in [-0.25, -0.2) is 0 Å². The zero-order valence-corrected chi connectivity index (χ0v) is 11.4. The van der Waals surface area contributed by atoms with Crippen molar-refractivity contribution in [1.82, 2.24) is 0 Å². The molecule has 0 aromatic heterocycles. The Morgan fingerprint density at radius 1 is 1.42 bits per heavy atom. The maximum Gasteiger partial charge on any atom is 0.303 e. The second kappa shape index (κ2) is 4.55. The van der Waals surface area contributed by atoms with Gasteiger partial charge in [0.2, 0.25) is 0 Å². The number of hydrogen-bond acceptors (Lipinski definition) is 2. The first-order valence-electron chi connectivity index (χ1n) is 7.13. The summed E-state index contributed by atoms with van der Waals surface area (Å²) in [7, 11) is 0. The van der Waals surface area contributed by atoms with Gasteiger partial charge in [0.05, 0.1) is 6.42 Å². The van der Waals surface area contributed by atoms with Gasteiger partial charge in [0.15, 0.2) is 0 Å². The van der Waals surface area contributed by atoms with E-state index in [4.69, 9.17) is 5.11 Å². The molecule has 1 heterocycles. The zero-order valence-electron chi connectivity index (χ0n) is 11.4. The molecule has 3 heteroatoms. The van der Waals surface area contributed by atoms with E-state index in [1.807, 2.05) is 0 Å². The van der Waals surface area contributed by atoms with Crippen LogP contribution in [0.5, 0.6) is 0 Å². The third-order valence-corrected chi connectivity index (χ3v) is 4.44. The number of aliphatic carboxylic acids is 1. The fraction of sp³-hybridized carbons (Fsp3) is 0.562. The Balaban J connectivity index is 1.80. The fourth-order valence-electron chi connectivity index (χ4n) is 3.35. The monoisotopic (exact) mass is 259 g/mol. The molecular formula is C16H21NO2. The highest BCUT2D eigenvalue weighted by Crippen LogP contribution is 2.50. The summed E-state index contributed by atoms with van der Waals surface area (Å²) in [6.45, 7) is 4.23. The molecule has 1 aliphatic carbocycles. The number of para-hydroxylation sites is 1. The predicted octanol–water partition coefficient (Wildman–Crippen LogP) is 2.94. The van der Waals surface area contributed by atoms with Gasteiger partial charge in [-0.15, -0.1) is 0 Å². The van der Waals surface area contributed by atoms with Crippen LogP contribution in [-0.2, 0) is 11.2 Å². The highest BCUT2D eigenvalue weighted by Gasteiger charge is 2.46. The van der Waals surface area contributed by atoms with Crippen LogP contribution in [0.1, 0.15) is 31.7 Å². The van der Waals surface area contributed by atoms with E-state index in [2.05, 4.69) is 36.1 Å². The number of carbonyl (C=O) groups is 1. The smallest absolute Gasteiger partial charge is 0.303 e. The summed E-state index contributed by atoms with van der Waals surface area (Å²) in [5, 5.41) is 9.05. The lowest BCUT2D eigenvalue weighted by Gasteiger charge is -2.37. The van der Waals surface area contributed by atoms with Gasteiger partial charge in [-0.2, -0.15) is 0 Å². The van der Waals surface area contributed by atoms with Crippen molar-refractivity contribution in [3.05, 3.63) is 29.8 Å². The molecule has 102 valence electrons. The summed E-state index contributed by atoms with van der Waals surface area (Å²) in [5.41, 5.74) is 2.76. The van der Waals surface area contributed by atoms with E-state index in [-0.39, 0.29) is 5.41 Å². The molecule has 2 aliphatic rings. The van der Waals surface area contributed by atoms with Crippen LogP contribution in [0, 0.1) is 11.3 Å². The first kappa shape index (κ1) is 12.5. The van der Waals surface area contributed by atoms with E-state index in [1.54, 1.807) is 0 Å². The Morgan fingerprint density at radius 3 is 2.84 bits per heavy atom. The minimum absolute atomic E-state index is 0.0377. The highest BCUT2D eigenvalue weighted by molar-refractivity contribution is 5.68. The van der Waals surface area contributed by atoms with Crippen LogP contribution in [0.2, 0.25) is 0 Å². The standard InChI is InChI=1S/C16H21NO2/c1-12-8-13-4-2-3-5-14(13)17(10-12)11-16(6-7-16)9-15(18)19/h2-5,12H,6-11H2,1H3,(H,18,19). The number of fused-ring (bicyclic) bond motifs is 1. The van der Waals surface area contributed by atoms with Crippen molar-refractivity contribution >= 4 is 11.7 Å². The summed E-state index contributed by atoms with van der Waals surface area (Å²) < 4.78 is 0. The molecule has 1 aliphatic heterocycles. The first-order chi connectivity index (χ1) is 9.08. The quantitative estimate of drug-likeness (QED) is 0.903. The van der Waals surface area contributed by atoms with Crippen LogP contribution in [0.25, 0.3) is 0 Å². The SMILES string of the molecule is CC1Cc2ccccc2N(CC2(CC(=O)O)CC2)C1. The normalized spacial score (nSPS) is 23.8. The average Bonchev–Trinajstić information content (AvgIpc) is 3.07. The fourth-order valence-corrected chi connectivity index (χ4v) is 3.35. The molecule has 0 bridgehead atoms. The van der Waals surface area contributed by atoms with Crippen LogP contribution >= 0.6 is 0 Å². The van der Waals surface area contributed by atoms with Crippen LogP contribution in [0.15, 0.2) is 24.3 Å². The lowest BCUT2D eigenvalue weighted by molar-refractivity contribution is -0.138. The second-order valence-corrected chi connectivity index (χ2v) is 6.39. The Kier molecular flexibility index (Phi) is 3.00. The number of rotatable bonds is 4. The maximum absolute atomic E-state index is 11.0. The topological polar surface area (TPSA) is 40.5 Å². The summed E-state index contributed by atoms with van der Waals surface area (Å²) in [5.74, 6) is -0.00799. The van der Waals surface area contributed by atoms with Crippen molar-refractivity contribution in [3.8, 4) is 0 Å². The van der Waals surface area contributed by atoms with Gasteiger partial charge >= 0.3 is 5.97 Å². The number of carboxylic acid groups (broad SMARTS) is 1. The molecule has 1 aromatic carbocycles. The molecule has 3 nitrogen and oxygen atoms in total. The number of anilines is 1. The van der Waals surface area contributed by atoms with Crippen molar-refractivity contribution < 1.29 is 9.90 Å². The van der Waals surface area contributed by atoms with Crippen LogP contribution in [0.4, 0.5) is 5.69 Å². The van der Waals surface area contributed by atoms with Gasteiger partial charge in [-0.1, -0.05) is 25.1 Å². The third kappa shape index (κ3) is 2.60. The Hall–Kier alpha value is -1.51. The Bertz CT molecular complexity index is 493. The summed E-state index contributed by atoms with van der Waals surface area (Å²) >= 11 is 0. The van der Waals surface area contributed by atoms with Crippen LogP contribution < -0.4 is 4.90 Å². The third-order valence-electron chi connectivity index (χ3n) is 4.44. The molecular weight excluding hydrogens is 238 g/mol. The van der Waals surface area contributed by atoms with Crippen molar-refractivity contribution in [2.24, 2.45) is 11.3 Å². The van der Waals surface area contributed by atoms with E-state index < -0.39 is 5.97 Å². The van der Waals surface area contributed by atoms with Gasteiger partial charge in [0.25, 0.3) is 0 Å². The van der Waals surface area contributed by atoms with E-state index >= 15 is 0 Å². The first-order valence-corrected chi connectivity index (χ1v) is 7.13. The van der Waals surface area contributed by atoms with Gasteiger partial charge in [-0.05, 0) is 42.2 Å². The van der Waals surface area contributed by atoms with E-state index in [9.17, 15) is 4.79 Å². The predicted molar refractivity (Wildman–Crippen MR) is 75.4 cm³/mol. The zero-order chi connectivity index (χ0) is 13.5. The van der Waals surface area contributed by atoms with Crippen LogP contribution in [0.3, 0.4) is 0 Å². The molecule has 1 saturated carbocycles. The van der Waals surface area contributed by atoms with Crippen molar-refractivity contribution in [1.29, 1.82) is 0 Å². The molecule has 1 atom stereocenters. The molecule has 0 saturated heterocycles. The number of nitrogens with zero attached hydrogens (tertiary/aromatic N) is 1. The molecule has 1 aromatic rings. The largest absolute Gasteiger partial charge is 0.481 e. The molecule has 1 N–H and O–H groups in total. The molecule has 0 spiro atoms. The minimum atomic E-state index is -0.657. The summed E-state index contributed by atoms with van der Waals surface area (Å²) in [6, 6.07) is 8.56. The highest BCUT2D eigenvalue weighted by atomic mass is 16.4. The van der Waals surface area contributed by atoms with Gasteiger partial charge < -0.3 is 10.0 Å². The van der Waals surface area contributed by atoms with Gasteiger partial charge in [0.1, 0.15) is 0 Å². The molecule has 19 heavy (non-hydrogen) atoms. The van der Waals surface area contributed by atoms with Crippen molar-refractivity contribution in [3.63, 3.8) is 0 Å². The van der Waals surface area contributed by atoms with E-state index in [0.717, 1.165) is 32.4 Å². The lowest BCUT2D eigenvalue weighted by atomic mass is 9.92. The van der Waals surface area contributed by atoms with Crippen molar-refractivity contribution in [2.45, 2.75) is 32.6 Å². The number of hydrogen-bond donors (Lipinski definition) is 1. The Labute approximate surface area is 114 Å². The second-order valence-electron chi connectivity index (χ2n) is 6.39. The van der Waals surface area contributed by atoms with Crippen LogP contribution in [-0.4, -0.2) is 24.2 Å². The maximum atomic E-state index is 11.0. The molecule has 0 amide bonds. The van der Waals surface area contributed by atoms with Gasteiger partial charge in [0, 0.05) is 18.8 Å². The lowest BCUT2D eigenvalue weighted by Crippen LogP contribution is -2.39.